The second kappa shape index (κ2) is 4.94. The fourth-order valence-corrected chi connectivity index (χ4v) is 1.21. The first kappa shape index (κ1) is 10.2. The number of hydrogen-bond donors (Lipinski definition) is 2. The van der Waals surface area contributed by atoms with E-state index in [1.165, 1.54) is 0 Å². The van der Waals surface area contributed by atoms with Gasteiger partial charge in [0.25, 0.3) is 0 Å². The highest BCUT2D eigenvalue weighted by atomic mass is 16.3. The van der Waals surface area contributed by atoms with Gasteiger partial charge in [-0.05, 0) is 30.5 Å². The standard InChI is InChI=1S/C10H16N2O/c1-2-8-5-9(7-12-6-8)10(13)3-4-11/h5-7,10,13H,2-4,11H2,1H3. The molecule has 13 heavy (non-hydrogen) atoms. The molecule has 0 aliphatic heterocycles. The van der Waals surface area contributed by atoms with Crippen molar-refractivity contribution in [3.63, 3.8) is 0 Å². The first-order valence-electron chi connectivity index (χ1n) is 4.60. The molecule has 1 atom stereocenters. The minimum Gasteiger partial charge on any atom is -0.388 e. The number of aliphatic hydroxyl groups is 1. The van der Waals surface area contributed by atoms with Crippen molar-refractivity contribution >= 4 is 0 Å². The second-order valence-corrected chi connectivity index (χ2v) is 3.07. The summed E-state index contributed by atoms with van der Waals surface area (Å²) < 4.78 is 0. The van der Waals surface area contributed by atoms with Crippen LogP contribution in [-0.2, 0) is 6.42 Å². The van der Waals surface area contributed by atoms with E-state index in [9.17, 15) is 5.11 Å². The van der Waals surface area contributed by atoms with Gasteiger partial charge in [-0.3, -0.25) is 4.98 Å². The molecule has 3 N–H and O–H groups in total. The molecule has 1 heterocycles. The van der Waals surface area contributed by atoms with E-state index in [2.05, 4.69) is 11.9 Å². The lowest BCUT2D eigenvalue weighted by Gasteiger charge is -2.09. The summed E-state index contributed by atoms with van der Waals surface area (Å²) in [5.74, 6) is 0. The van der Waals surface area contributed by atoms with Gasteiger partial charge in [0.2, 0.25) is 0 Å². The molecule has 0 fully saturated rings. The van der Waals surface area contributed by atoms with E-state index in [4.69, 9.17) is 5.73 Å². The fourth-order valence-electron chi connectivity index (χ4n) is 1.21. The summed E-state index contributed by atoms with van der Waals surface area (Å²) in [6.07, 6.45) is 4.58. The van der Waals surface area contributed by atoms with Crippen LogP contribution in [0.2, 0.25) is 0 Å². The van der Waals surface area contributed by atoms with E-state index < -0.39 is 6.10 Å². The van der Waals surface area contributed by atoms with Crippen LogP contribution in [0.4, 0.5) is 0 Å². The monoisotopic (exact) mass is 180 g/mol. The zero-order valence-corrected chi connectivity index (χ0v) is 7.90. The van der Waals surface area contributed by atoms with Gasteiger partial charge in [-0.1, -0.05) is 13.0 Å². The molecule has 1 aromatic rings. The Balaban J connectivity index is 2.75. The fraction of sp³-hybridized carbons (Fsp3) is 0.500. The Hall–Kier alpha value is -0.930. The zero-order valence-electron chi connectivity index (χ0n) is 7.90. The molecule has 0 aliphatic carbocycles. The molecule has 0 saturated carbocycles. The maximum Gasteiger partial charge on any atom is 0.0817 e. The van der Waals surface area contributed by atoms with E-state index in [0.717, 1.165) is 17.5 Å². The third-order valence-corrected chi connectivity index (χ3v) is 2.05. The molecule has 0 amide bonds. The van der Waals surface area contributed by atoms with E-state index in [1.54, 1.807) is 6.20 Å². The Morgan fingerprint density at radius 1 is 1.54 bits per heavy atom. The zero-order chi connectivity index (χ0) is 9.68. The van der Waals surface area contributed by atoms with Crippen molar-refractivity contribution in [1.29, 1.82) is 0 Å². The molecule has 0 saturated heterocycles. The molecule has 0 aliphatic rings. The predicted octanol–water partition coefficient (Wildman–Crippen LogP) is 1.03. The summed E-state index contributed by atoms with van der Waals surface area (Å²) in [5, 5.41) is 9.62. The van der Waals surface area contributed by atoms with Crippen LogP contribution in [0.3, 0.4) is 0 Å². The summed E-state index contributed by atoms with van der Waals surface area (Å²) >= 11 is 0. The van der Waals surface area contributed by atoms with Gasteiger partial charge in [0.1, 0.15) is 0 Å². The minimum absolute atomic E-state index is 0.469. The maximum absolute atomic E-state index is 9.62. The molecule has 1 unspecified atom stereocenters. The molecule has 3 nitrogen and oxygen atoms in total. The number of aromatic nitrogens is 1. The molecular weight excluding hydrogens is 164 g/mol. The van der Waals surface area contributed by atoms with Crippen LogP contribution in [0, 0.1) is 0 Å². The third kappa shape index (κ3) is 2.79. The maximum atomic E-state index is 9.62. The van der Waals surface area contributed by atoms with E-state index in [1.807, 2.05) is 12.3 Å². The highest BCUT2D eigenvalue weighted by Crippen LogP contribution is 2.15. The lowest BCUT2D eigenvalue weighted by atomic mass is 10.1. The van der Waals surface area contributed by atoms with Gasteiger partial charge in [0.05, 0.1) is 6.10 Å². The van der Waals surface area contributed by atoms with Gasteiger partial charge < -0.3 is 10.8 Å². The molecule has 1 aromatic heterocycles. The number of aryl methyl sites for hydroxylation is 1. The van der Waals surface area contributed by atoms with Crippen molar-refractivity contribution in [3.05, 3.63) is 29.6 Å². The molecule has 0 aromatic carbocycles. The number of aliphatic hydroxyl groups excluding tert-OH is 1. The molecule has 72 valence electrons. The van der Waals surface area contributed by atoms with Crippen LogP contribution in [-0.4, -0.2) is 16.6 Å². The Bertz CT molecular complexity index is 263. The van der Waals surface area contributed by atoms with Crippen molar-refractivity contribution in [2.24, 2.45) is 5.73 Å². The summed E-state index contributed by atoms with van der Waals surface area (Å²) in [4.78, 5) is 4.06. The van der Waals surface area contributed by atoms with Gasteiger partial charge >= 0.3 is 0 Å². The van der Waals surface area contributed by atoms with Gasteiger partial charge in [0, 0.05) is 12.4 Å². The SMILES string of the molecule is CCc1cncc(C(O)CCN)c1. The van der Waals surface area contributed by atoms with Crippen molar-refractivity contribution in [2.45, 2.75) is 25.9 Å². The smallest absolute Gasteiger partial charge is 0.0817 e. The summed E-state index contributed by atoms with van der Waals surface area (Å²) in [5.41, 5.74) is 7.37. The van der Waals surface area contributed by atoms with Crippen LogP contribution in [0.25, 0.3) is 0 Å². The highest BCUT2D eigenvalue weighted by molar-refractivity contribution is 5.19. The molecule has 0 radical (unpaired) electrons. The Morgan fingerprint density at radius 3 is 2.92 bits per heavy atom. The summed E-state index contributed by atoms with van der Waals surface area (Å²) in [7, 11) is 0. The first-order chi connectivity index (χ1) is 6.27. The topological polar surface area (TPSA) is 59.1 Å². The van der Waals surface area contributed by atoms with Gasteiger partial charge in [-0.15, -0.1) is 0 Å². The Morgan fingerprint density at radius 2 is 2.31 bits per heavy atom. The van der Waals surface area contributed by atoms with Gasteiger partial charge in [-0.2, -0.15) is 0 Å². The predicted molar refractivity (Wildman–Crippen MR) is 52.2 cm³/mol. The average Bonchev–Trinajstić information content (AvgIpc) is 2.18. The molecule has 0 spiro atoms. The number of nitrogens with zero attached hydrogens (tertiary/aromatic N) is 1. The van der Waals surface area contributed by atoms with Crippen molar-refractivity contribution in [1.82, 2.24) is 4.98 Å². The van der Waals surface area contributed by atoms with Crippen LogP contribution < -0.4 is 5.73 Å². The van der Waals surface area contributed by atoms with Crippen molar-refractivity contribution in [3.8, 4) is 0 Å². The lowest BCUT2D eigenvalue weighted by molar-refractivity contribution is 0.170. The number of rotatable bonds is 4. The minimum atomic E-state index is -0.469. The van der Waals surface area contributed by atoms with E-state index in [0.29, 0.717) is 13.0 Å². The lowest BCUT2D eigenvalue weighted by Crippen LogP contribution is -2.07. The van der Waals surface area contributed by atoms with E-state index in [-0.39, 0.29) is 0 Å². The normalized spacial score (nSPS) is 12.8. The molecule has 1 rings (SSSR count). The molecular formula is C10H16N2O. The first-order valence-corrected chi connectivity index (χ1v) is 4.60. The van der Waals surface area contributed by atoms with Gasteiger partial charge in [-0.25, -0.2) is 0 Å². The van der Waals surface area contributed by atoms with Crippen LogP contribution in [0.5, 0.6) is 0 Å². The van der Waals surface area contributed by atoms with Crippen LogP contribution in [0.15, 0.2) is 18.5 Å². The second-order valence-electron chi connectivity index (χ2n) is 3.07. The Kier molecular flexibility index (Phi) is 3.86. The largest absolute Gasteiger partial charge is 0.388 e. The Labute approximate surface area is 78.6 Å². The van der Waals surface area contributed by atoms with Crippen molar-refractivity contribution < 1.29 is 5.11 Å². The third-order valence-electron chi connectivity index (χ3n) is 2.05. The molecule has 0 bridgehead atoms. The summed E-state index contributed by atoms with van der Waals surface area (Å²) in [6.45, 7) is 2.56. The number of hydrogen-bond acceptors (Lipinski definition) is 3. The quantitative estimate of drug-likeness (QED) is 0.727. The number of pyridine rings is 1. The average molecular weight is 180 g/mol. The van der Waals surface area contributed by atoms with Crippen molar-refractivity contribution in [2.75, 3.05) is 6.54 Å². The van der Waals surface area contributed by atoms with Crippen LogP contribution >= 0.6 is 0 Å². The van der Waals surface area contributed by atoms with Gasteiger partial charge in [0.15, 0.2) is 0 Å². The number of nitrogens with two attached hydrogens (primary N) is 1. The summed E-state index contributed by atoms with van der Waals surface area (Å²) in [6, 6.07) is 1.98. The van der Waals surface area contributed by atoms with Crippen LogP contribution in [0.1, 0.15) is 30.6 Å². The van der Waals surface area contributed by atoms with E-state index >= 15 is 0 Å². The molecule has 3 heteroatoms. The highest BCUT2D eigenvalue weighted by Gasteiger charge is 2.06.